The maximum absolute atomic E-state index is 11.5. The molecule has 82 valence electrons. The van der Waals surface area contributed by atoms with Crippen LogP contribution in [0.1, 0.15) is 12.8 Å². The Hall–Kier alpha value is -0.680. The summed E-state index contributed by atoms with van der Waals surface area (Å²) >= 11 is 7.38. The van der Waals surface area contributed by atoms with Crippen LogP contribution in [0, 0.1) is 0 Å². The van der Waals surface area contributed by atoms with Crippen LogP contribution < -0.4 is 11.2 Å². The summed E-state index contributed by atoms with van der Waals surface area (Å²) in [5.41, 5.74) is -0.740. The normalized spacial score (nSPS) is 20.7. The van der Waals surface area contributed by atoms with Crippen LogP contribution in [0.5, 0.6) is 0 Å². The maximum Gasteiger partial charge on any atom is 0.329 e. The Balaban J connectivity index is 2.28. The second-order valence-electron chi connectivity index (χ2n) is 3.51. The van der Waals surface area contributed by atoms with Gasteiger partial charge in [-0.15, -0.1) is 0 Å². The molecule has 1 aromatic rings. The third kappa shape index (κ3) is 2.46. The molecule has 0 saturated carbocycles. The Bertz CT molecular complexity index is 431. The number of aromatic amines is 1. The first-order chi connectivity index (χ1) is 7.16. The largest absolute Gasteiger partial charge is 0.329 e. The summed E-state index contributed by atoms with van der Waals surface area (Å²) in [5, 5.41) is 0.477. The molecule has 0 bridgehead atoms. The highest BCUT2D eigenvalue weighted by atomic mass is 35.5. The van der Waals surface area contributed by atoms with E-state index in [-0.39, 0.29) is 10.7 Å². The molecule has 6 heteroatoms. The Morgan fingerprint density at radius 1 is 1.60 bits per heavy atom. The van der Waals surface area contributed by atoms with Crippen molar-refractivity contribution in [1.29, 1.82) is 0 Å². The first-order valence-electron chi connectivity index (χ1n) is 4.78. The van der Waals surface area contributed by atoms with Crippen molar-refractivity contribution >= 4 is 23.4 Å². The lowest BCUT2D eigenvalue weighted by atomic mass is 10.2. The van der Waals surface area contributed by atoms with Gasteiger partial charge in [0.05, 0.1) is 0 Å². The van der Waals surface area contributed by atoms with Gasteiger partial charge in [0, 0.05) is 17.9 Å². The second-order valence-corrected chi connectivity index (χ2v) is 5.32. The molecule has 1 fully saturated rings. The van der Waals surface area contributed by atoms with Gasteiger partial charge in [-0.05, 0) is 18.6 Å². The van der Waals surface area contributed by atoms with Gasteiger partial charge in [-0.25, -0.2) is 4.79 Å². The van der Waals surface area contributed by atoms with Gasteiger partial charge in [0.2, 0.25) is 0 Å². The van der Waals surface area contributed by atoms with Crippen molar-refractivity contribution in [2.24, 2.45) is 0 Å². The average molecular weight is 247 g/mol. The molecule has 0 aromatic carbocycles. The molecule has 2 heterocycles. The van der Waals surface area contributed by atoms with Crippen LogP contribution in [0.2, 0.25) is 5.15 Å². The number of aromatic nitrogens is 2. The highest BCUT2D eigenvalue weighted by Gasteiger charge is 2.17. The van der Waals surface area contributed by atoms with E-state index in [0.29, 0.717) is 11.8 Å². The van der Waals surface area contributed by atoms with E-state index in [1.807, 2.05) is 11.8 Å². The molecule has 0 amide bonds. The van der Waals surface area contributed by atoms with Gasteiger partial charge in [0.15, 0.2) is 0 Å². The van der Waals surface area contributed by atoms with Crippen LogP contribution in [-0.2, 0) is 6.54 Å². The van der Waals surface area contributed by atoms with Crippen molar-refractivity contribution < 1.29 is 0 Å². The predicted octanol–water partition coefficient (Wildman–Crippen LogP) is 1.09. The first-order valence-corrected chi connectivity index (χ1v) is 6.21. The summed E-state index contributed by atoms with van der Waals surface area (Å²) in [5.74, 6) is 1.12. The number of halogens is 1. The van der Waals surface area contributed by atoms with Gasteiger partial charge in [0.1, 0.15) is 5.15 Å². The van der Waals surface area contributed by atoms with Crippen molar-refractivity contribution in [1.82, 2.24) is 9.55 Å². The van der Waals surface area contributed by atoms with E-state index >= 15 is 0 Å². The van der Waals surface area contributed by atoms with Gasteiger partial charge in [-0.3, -0.25) is 14.3 Å². The quantitative estimate of drug-likeness (QED) is 0.795. The van der Waals surface area contributed by atoms with E-state index in [2.05, 4.69) is 4.98 Å². The number of hydrogen-bond donors (Lipinski definition) is 1. The molecule has 1 N–H and O–H groups in total. The monoisotopic (exact) mass is 246 g/mol. The Morgan fingerprint density at radius 3 is 3.00 bits per heavy atom. The van der Waals surface area contributed by atoms with E-state index < -0.39 is 5.69 Å². The van der Waals surface area contributed by atoms with Crippen molar-refractivity contribution in [3.05, 3.63) is 32.1 Å². The van der Waals surface area contributed by atoms with E-state index in [4.69, 9.17) is 11.6 Å². The van der Waals surface area contributed by atoms with Gasteiger partial charge in [-0.2, -0.15) is 11.8 Å². The minimum absolute atomic E-state index is 0.0975. The predicted molar refractivity (Wildman–Crippen MR) is 61.8 cm³/mol. The maximum atomic E-state index is 11.5. The molecule has 1 atom stereocenters. The molecular formula is C9H11ClN2O2S. The van der Waals surface area contributed by atoms with Gasteiger partial charge in [-0.1, -0.05) is 11.6 Å². The van der Waals surface area contributed by atoms with E-state index in [9.17, 15) is 9.59 Å². The SMILES string of the molecule is O=c1cc(Cl)[nH]c(=O)n1CC1CCCS1. The highest BCUT2D eigenvalue weighted by molar-refractivity contribution is 8.00. The lowest BCUT2D eigenvalue weighted by molar-refractivity contribution is 0.590. The number of rotatable bonds is 2. The molecular weight excluding hydrogens is 236 g/mol. The molecule has 1 aromatic heterocycles. The van der Waals surface area contributed by atoms with Gasteiger partial charge in [0.25, 0.3) is 5.56 Å². The third-order valence-electron chi connectivity index (χ3n) is 2.40. The minimum Gasteiger partial charge on any atom is -0.298 e. The summed E-state index contributed by atoms with van der Waals surface area (Å²) in [4.78, 5) is 25.4. The molecule has 1 unspecified atom stereocenters. The number of H-pyrrole nitrogens is 1. The molecule has 4 nitrogen and oxygen atoms in total. The molecule has 2 rings (SSSR count). The van der Waals surface area contributed by atoms with Crippen molar-refractivity contribution in [3.63, 3.8) is 0 Å². The smallest absolute Gasteiger partial charge is 0.298 e. The lowest BCUT2D eigenvalue weighted by Crippen LogP contribution is -2.36. The van der Waals surface area contributed by atoms with Crippen LogP contribution in [0.25, 0.3) is 0 Å². The zero-order chi connectivity index (χ0) is 10.8. The Morgan fingerprint density at radius 2 is 2.40 bits per heavy atom. The topological polar surface area (TPSA) is 54.9 Å². The van der Waals surface area contributed by atoms with Crippen LogP contribution in [0.3, 0.4) is 0 Å². The second kappa shape index (κ2) is 4.45. The highest BCUT2D eigenvalue weighted by Crippen LogP contribution is 2.26. The van der Waals surface area contributed by atoms with Crippen LogP contribution in [0.15, 0.2) is 15.7 Å². The summed E-state index contributed by atoms with van der Waals surface area (Å²) in [7, 11) is 0. The van der Waals surface area contributed by atoms with Crippen LogP contribution >= 0.6 is 23.4 Å². The minimum atomic E-state index is -0.417. The molecule has 1 aliphatic rings. The number of hydrogen-bond acceptors (Lipinski definition) is 3. The summed E-state index contributed by atoms with van der Waals surface area (Å²) in [6.45, 7) is 0.482. The van der Waals surface area contributed by atoms with Crippen LogP contribution in [0.4, 0.5) is 0 Å². The number of nitrogens with zero attached hydrogens (tertiary/aromatic N) is 1. The molecule has 0 radical (unpaired) electrons. The molecule has 15 heavy (non-hydrogen) atoms. The zero-order valence-corrected chi connectivity index (χ0v) is 9.61. The van der Waals surface area contributed by atoms with Crippen molar-refractivity contribution in [2.45, 2.75) is 24.6 Å². The van der Waals surface area contributed by atoms with E-state index in [1.54, 1.807) is 0 Å². The van der Waals surface area contributed by atoms with Gasteiger partial charge < -0.3 is 0 Å². The fraction of sp³-hybridized carbons (Fsp3) is 0.556. The van der Waals surface area contributed by atoms with Crippen molar-refractivity contribution in [3.8, 4) is 0 Å². The molecule has 1 saturated heterocycles. The lowest BCUT2D eigenvalue weighted by Gasteiger charge is -2.09. The average Bonchev–Trinajstić information content (AvgIpc) is 2.63. The summed E-state index contributed by atoms with van der Waals surface area (Å²) in [6.07, 6.45) is 2.23. The van der Waals surface area contributed by atoms with Crippen LogP contribution in [-0.4, -0.2) is 20.6 Å². The van der Waals surface area contributed by atoms with E-state index in [0.717, 1.165) is 18.6 Å². The number of nitrogens with one attached hydrogen (secondary N) is 1. The summed E-state index contributed by atoms with van der Waals surface area (Å²) in [6, 6.07) is 1.24. The third-order valence-corrected chi connectivity index (χ3v) is 3.98. The molecule has 0 aliphatic carbocycles. The number of thioether (sulfide) groups is 1. The zero-order valence-electron chi connectivity index (χ0n) is 8.03. The standard InChI is InChI=1S/C9H11ClN2O2S/c10-7-4-8(13)12(9(14)11-7)5-6-2-1-3-15-6/h4,6H,1-3,5H2,(H,11,14). The molecule has 1 aliphatic heterocycles. The van der Waals surface area contributed by atoms with Crippen molar-refractivity contribution in [2.75, 3.05) is 5.75 Å². The fourth-order valence-electron chi connectivity index (χ4n) is 1.66. The Kier molecular flexibility index (Phi) is 3.21. The summed E-state index contributed by atoms with van der Waals surface area (Å²) < 4.78 is 1.22. The van der Waals surface area contributed by atoms with E-state index in [1.165, 1.54) is 10.6 Å². The van der Waals surface area contributed by atoms with Gasteiger partial charge >= 0.3 is 5.69 Å². The molecule has 0 spiro atoms. The Labute approximate surface area is 95.6 Å². The first kappa shape index (κ1) is 10.8. The fourth-order valence-corrected chi connectivity index (χ4v) is 3.09.